The molecule has 1 unspecified atom stereocenters. The van der Waals surface area contributed by atoms with E-state index in [1.54, 1.807) is 43.8 Å². The molecule has 1 saturated heterocycles. The first kappa shape index (κ1) is 13.3. The van der Waals surface area contributed by atoms with Gasteiger partial charge in [0.25, 0.3) is 0 Å². The van der Waals surface area contributed by atoms with Crippen LogP contribution in [0.3, 0.4) is 0 Å². The zero-order valence-electron chi connectivity index (χ0n) is 11.5. The molecule has 1 aromatic carbocycles. The Kier molecular flexibility index (Phi) is 3.39. The number of anilines is 1. The minimum atomic E-state index is -0.434. The monoisotopic (exact) mass is 282 g/mol. The van der Waals surface area contributed by atoms with Crippen LogP contribution in [-0.2, 0) is 9.59 Å². The third kappa shape index (κ3) is 2.38. The predicted molar refractivity (Wildman–Crippen MR) is 77.1 cm³/mol. The van der Waals surface area contributed by atoms with Gasteiger partial charge in [-0.15, -0.1) is 0 Å². The number of hydrogen-bond acceptors (Lipinski definition) is 4. The van der Waals surface area contributed by atoms with Crippen LogP contribution in [0.1, 0.15) is 17.9 Å². The van der Waals surface area contributed by atoms with Crippen LogP contribution in [0.4, 0.5) is 5.69 Å². The molecule has 1 fully saturated rings. The minimum absolute atomic E-state index is 0.188. The standard InChI is InChI=1S/C16H14N2O3/c1-21-13-4-2-11(3-5-13)14-10-15(19)18(16(14)20)12-6-8-17-9-7-12/h2-9,14H,10H2,1H3. The molecule has 0 bridgehead atoms. The van der Waals surface area contributed by atoms with E-state index in [0.717, 1.165) is 11.3 Å². The van der Waals surface area contributed by atoms with Gasteiger partial charge >= 0.3 is 0 Å². The van der Waals surface area contributed by atoms with E-state index in [0.29, 0.717) is 5.69 Å². The molecule has 0 radical (unpaired) electrons. The number of imide groups is 1. The van der Waals surface area contributed by atoms with Gasteiger partial charge in [0, 0.05) is 18.8 Å². The first-order valence-corrected chi connectivity index (χ1v) is 6.61. The van der Waals surface area contributed by atoms with E-state index in [9.17, 15) is 9.59 Å². The SMILES string of the molecule is COc1ccc(C2CC(=O)N(c3ccncc3)C2=O)cc1. The van der Waals surface area contributed by atoms with Gasteiger partial charge in [-0.05, 0) is 29.8 Å². The fourth-order valence-electron chi connectivity index (χ4n) is 2.49. The Morgan fingerprint density at radius 1 is 1.10 bits per heavy atom. The van der Waals surface area contributed by atoms with Crippen molar-refractivity contribution in [2.45, 2.75) is 12.3 Å². The van der Waals surface area contributed by atoms with Gasteiger partial charge in [0.2, 0.25) is 11.8 Å². The van der Waals surface area contributed by atoms with Crippen LogP contribution < -0.4 is 9.64 Å². The Hall–Kier alpha value is -2.69. The molecule has 0 spiro atoms. The van der Waals surface area contributed by atoms with Gasteiger partial charge in [-0.25, -0.2) is 4.90 Å². The van der Waals surface area contributed by atoms with E-state index in [1.165, 1.54) is 4.90 Å². The normalized spacial score (nSPS) is 18.1. The van der Waals surface area contributed by atoms with E-state index in [-0.39, 0.29) is 18.2 Å². The Bertz CT molecular complexity index is 668. The maximum atomic E-state index is 12.5. The third-order valence-corrected chi connectivity index (χ3v) is 3.59. The highest BCUT2D eigenvalue weighted by atomic mass is 16.5. The molecule has 21 heavy (non-hydrogen) atoms. The number of carbonyl (C=O) groups is 2. The highest BCUT2D eigenvalue weighted by Crippen LogP contribution is 2.33. The number of carbonyl (C=O) groups excluding carboxylic acids is 2. The van der Waals surface area contributed by atoms with Gasteiger partial charge in [0.15, 0.2) is 0 Å². The molecule has 1 aromatic heterocycles. The summed E-state index contributed by atoms with van der Waals surface area (Å²) in [5.74, 6) is -0.0959. The Labute approximate surface area is 122 Å². The zero-order valence-corrected chi connectivity index (χ0v) is 11.5. The molecular formula is C16H14N2O3. The molecule has 2 aromatic rings. The van der Waals surface area contributed by atoms with Crippen molar-refractivity contribution in [3.63, 3.8) is 0 Å². The van der Waals surface area contributed by atoms with Crippen molar-refractivity contribution in [3.05, 3.63) is 54.4 Å². The fourth-order valence-corrected chi connectivity index (χ4v) is 2.49. The number of ether oxygens (including phenoxy) is 1. The van der Waals surface area contributed by atoms with Crippen LogP contribution in [0.15, 0.2) is 48.8 Å². The molecular weight excluding hydrogens is 268 g/mol. The quantitative estimate of drug-likeness (QED) is 0.809. The maximum absolute atomic E-state index is 12.5. The van der Waals surface area contributed by atoms with Crippen molar-refractivity contribution in [3.8, 4) is 5.75 Å². The van der Waals surface area contributed by atoms with Crippen LogP contribution in [-0.4, -0.2) is 23.9 Å². The van der Waals surface area contributed by atoms with E-state index in [4.69, 9.17) is 4.74 Å². The van der Waals surface area contributed by atoms with Crippen LogP contribution in [0.25, 0.3) is 0 Å². The average Bonchev–Trinajstić information content (AvgIpc) is 2.83. The largest absolute Gasteiger partial charge is 0.497 e. The third-order valence-electron chi connectivity index (χ3n) is 3.59. The summed E-state index contributed by atoms with van der Waals surface area (Å²) in [6.45, 7) is 0. The summed E-state index contributed by atoms with van der Waals surface area (Å²) in [5.41, 5.74) is 1.39. The fraction of sp³-hybridized carbons (Fsp3) is 0.188. The Morgan fingerprint density at radius 3 is 2.38 bits per heavy atom. The molecule has 0 aliphatic carbocycles. The lowest BCUT2D eigenvalue weighted by atomic mass is 9.97. The van der Waals surface area contributed by atoms with Crippen molar-refractivity contribution >= 4 is 17.5 Å². The molecule has 0 saturated carbocycles. The van der Waals surface area contributed by atoms with Gasteiger partial charge in [0.05, 0.1) is 18.7 Å². The summed E-state index contributed by atoms with van der Waals surface area (Å²) < 4.78 is 5.10. The highest BCUT2D eigenvalue weighted by molar-refractivity contribution is 6.22. The van der Waals surface area contributed by atoms with Gasteiger partial charge in [-0.1, -0.05) is 12.1 Å². The molecule has 1 aliphatic heterocycles. The molecule has 3 rings (SSSR count). The molecule has 1 aliphatic rings. The first-order valence-electron chi connectivity index (χ1n) is 6.61. The number of hydrogen-bond donors (Lipinski definition) is 0. The van der Waals surface area contributed by atoms with Crippen molar-refractivity contribution in [1.82, 2.24) is 4.98 Å². The molecule has 2 heterocycles. The maximum Gasteiger partial charge on any atom is 0.241 e. The van der Waals surface area contributed by atoms with Crippen molar-refractivity contribution in [2.75, 3.05) is 12.0 Å². The molecule has 1 atom stereocenters. The topological polar surface area (TPSA) is 59.5 Å². The second-order valence-electron chi connectivity index (χ2n) is 4.80. The Balaban J connectivity index is 1.89. The van der Waals surface area contributed by atoms with Gasteiger partial charge in [0.1, 0.15) is 5.75 Å². The van der Waals surface area contributed by atoms with Gasteiger partial charge in [-0.2, -0.15) is 0 Å². The summed E-state index contributed by atoms with van der Waals surface area (Å²) in [5, 5.41) is 0. The predicted octanol–water partition coefficient (Wildman–Crippen LogP) is 2.14. The summed E-state index contributed by atoms with van der Waals surface area (Å²) in [6, 6.07) is 10.6. The Morgan fingerprint density at radius 2 is 1.76 bits per heavy atom. The molecule has 5 nitrogen and oxygen atoms in total. The highest BCUT2D eigenvalue weighted by Gasteiger charge is 2.40. The second-order valence-corrected chi connectivity index (χ2v) is 4.80. The van der Waals surface area contributed by atoms with Crippen molar-refractivity contribution in [2.24, 2.45) is 0 Å². The van der Waals surface area contributed by atoms with Crippen molar-refractivity contribution in [1.29, 1.82) is 0 Å². The number of pyridine rings is 1. The van der Waals surface area contributed by atoms with Crippen LogP contribution >= 0.6 is 0 Å². The zero-order chi connectivity index (χ0) is 14.8. The second kappa shape index (κ2) is 5.36. The van der Waals surface area contributed by atoms with Gasteiger partial charge in [-0.3, -0.25) is 14.6 Å². The lowest BCUT2D eigenvalue weighted by Gasteiger charge is -2.14. The lowest BCUT2D eigenvalue weighted by Crippen LogP contribution is -2.29. The van der Waals surface area contributed by atoms with Crippen molar-refractivity contribution < 1.29 is 14.3 Å². The van der Waals surface area contributed by atoms with Crippen LogP contribution in [0, 0.1) is 0 Å². The minimum Gasteiger partial charge on any atom is -0.497 e. The van der Waals surface area contributed by atoms with E-state index in [1.807, 2.05) is 12.1 Å². The van der Waals surface area contributed by atoms with Gasteiger partial charge < -0.3 is 4.74 Å². The van der Waals surface area contributed by atoms with E-state index < -0.39 is 5.92 Å². The number of amides is 2. The number of nitrogens with zero attached hydrogens (tertiary/aromatic N) is 2. The molecule has 5 heteroatoms. The molecule has 0 N–H and O–H groups in total. The van der Waals surface area contributed by atoms with Crippen LogP contribution in [0.5, 0.6) is 5.75 Å². The lowest BCUT2D eigenvalue weighted by molar-refractivity contribution is -0.121. The smallest absolute Gasteiger partial charge is 0.241 e. The average molecular weight is 282 g/mol. The summed E-state index contributed by atoms with van der Waals surface area (Å²) >= 11 is 0. The molecule has 106 valence electrons. The summed E-state index contributed by atoms with van der Waals surface area (Å²) in [7, 11) is 1.59. The number of benzene rings is 1. The van der Waals surface area contributed by atoms with E-state index in [2.05, 4.69) is 4.98 Å². The number of methoxy groups -OCH3 is 1. The first-order chi connectivity index (χ1) is 10.2. The number of aromatic nitrogens is 1. The summed E-state index contributed by atoms with van der Waals surface area (Å²) in [4.78, 5) is 29.8. The summed E-state index contributed by atoms with van der Waals surface area (Å²) in [6.07, 6.45) is 3.32. The van der Waals surface area contributed by atoms with E-state index >= 15 is 0 Å². The van der Waals surface area contributed by atoms with Crippen LogP contribution in [0.2, 0.25) is 0 Å². The molecule has 2 amide bonds. The number of rotatable bonds is 3.